The Morgan fingerprint density at radius 3 is 2.53 bits per heavy atom. The van der Waals surface area contributed by atoms with Gasteiger partial charge in [-0.1, -0.05) is 45.9 Å². The van der Waals surface area contributed by atoms with Crippen LogP contribution in [0.4, 0.5) is 5.69 Å². The highest BCUT2D eigenvalue weighted by atomic mass is 16.1. The van der Waals surface area contributed by atoms with Gasteiger partial charge in [0.15, 0.2) is 0 Å². The van der Waals surface area contributed by atoms with Gasteiger partial charge in [0.05, 0.1) is 0 Å². The lowest BCUT2D eigenvalue weighted by Gasteiger charge is -2.23. The summed E-state index contributed by atoms with van der Waals surface area (Å²) in [5.41, 5.74) is 7.66. The molecule has 1 unspecified atom stereocenters. The summed E-state index contributed by atoms with van der Waals surface area (Å²) in [6, 6.07) is 7.99. The maximum absolute atomic E-state index is 12.0. The van der Waals surface area contributed by atoms with E-state index in [9.17, 15) is 4.79 Å². The molecule has 0 spiro atoms. The van der Waals surface area contributed by atoms with Crippen LogP contribution in [-0.2, 0) is 10.2 Å². The molecule has 0 bridgehead atoms. The average molecular weight is 262 g/mol. The number of hydrogen-bond donors (Lipinski definition) is 2. The molecule has 0 aliphatic rings. The summed E-state index contributed by atoms with van der Waals surface area (Å²) in [7, 11) is 0. The SMILES string of the molecule is CC(CN)CCC(=O)Nc1ccccc1C(C)(C)C. The van der Waals surface area contributed by atoms with Gasteiger partial charge >= 0.3 is 0 Å². The first-order chi connectivity index (χ1) is 8.84. The van der Waals surface area contributed by atoms with Gasteiger partial charge in [-0.05, 0) is 35.9 Å². The summed E-state index contributed by atoms with van der Waals surface area (Å²) >= 11 is 0. The molecule has 1 aromatic rings. The van der Waals surface area contributed by atoms with E-state index in [1.165, 1.54) is 0 Å². The average Bonchev–Trinajstić information content (AvgIpc) is 2.35. The number of para-hydroxylation sites is 1. The molecule has 106 valence electrons. The highest BCUT2D eigenvalue weighted by Crippen LogP contribution is 2.29. The van der Waals surface area contributed by atoms with Crippen molar-refractivity contribution in [1.82, 2.24) is 0 Å². The smallest absolute Gasteiger partial charge is 0.224 e. The Morgan fingerprint density at radius 2 is 1.95 bits per heavy atom. The largest absolute Gasteiger partial charge is 0.330 e. The predicted molar refractivity (Wildman–Crippen MR) is 81.2 cm³/mol. The molecular formula is C16H26N2O. The van der Waals surface area contributed by atoms with Gasteiger partial charge in [0.25, 0.3) is 0 Å². The Hall–Kier alpha value is -1.35. The monoisotopic (exact) mass is 262 g/mol. The van der Waals surface area contributed by atoms with Crippen molar-refractivity contribution >= 4 is 11.6 Å². The van der Waals surface area contributed by atoms with Crippen molar-refractivity contribution in [2.75, 3.05) is 11.9 Å². The minimum absolute atomic E-state index is 0.0222. The molecule has 19 heavy (non-hydrogen) atoms. The summed E-state index contributed by atoms with van der Waals surface area (Å²) in [6.45, 7) is 9.14. The first-order valence-corrected chi connectivity index (χ1v) is 6.94. The second-order valence-corrected chi connectivity index (χ2v) is 6.22. The van der Waals surface area contributed by atoms with Gasteiger partial charge in [-0.25, -0.2) is 0 Å². The minimum atomic E-state index is 0.0222. The maximum Gasteiger partial charge on any atom is 0.224 e. The topological polar surface area (TPSA) is 55.1 Å². The van der Waals surface area contributed by atoms with Crippen molar-refractivity contribution in [1.29, 1.82) is 0 Å². The van der Waals surface area contributed by atoms with Gasteiger partial charge in [-0.3, -0.25) is 4.79 Å². The second-order valence-electron chi connectivity index (χ2n) is 6.22. The first kappa shape index (κ1) is 15.7. The van der Waals surface area contributed by atoms with Crippen LogP contribution in [0.2, 0.25) is 0 Å². The van der Waals surface area contributed by atoms with Gasteiger partial charge < -0.3 is 11.1 Å². The van der Waals surface area contributed by atoms with Crippen LogP contribution >= 0.6 is 0 Å². The molecule has 3 N–H and O–H groups in total. The third-order valence-corrected chi connectivity index (χ3v) is 3.28. The summed E-state index contributed by atoms with van der Waals surface area (Å²) in [5, 5.41) is 3.02. The van der Waals surface area contributed by atoms with Crippen molar-refractivity contribution in [3.8, 4) is 0 Å². The van der Waals surface area contributed by atoms with Crippen LogP contribution in [0.15, 0.2) is 24.3 Å². The zero-order valence-corrected chi connectivity index (χ0v) is 12.5. The molecule has 1 rings (SSSR count). The molecule has 0 fully saturated rings. The standard InChI is InChI=1S/C16H26N2O/c1-12(11-17)9-10-15(19)18-14-8-6-5-7-13(14)16(2,3)4/h5-8,12H,9-11,17H2,1-4H3,(H,18,19). The fraction of sp³-hybridized carbons (Fsp3) is 0.562. The van der Waals surface area contributed by atoms with E-state index in [-0.39, 0.29) is 11.3 Å². The van der Waals surface area contributed by atoms with Crippen molar-refractivity contribution in [2.45, 2.75) is 46.0 Å². The molecule has 0 saturated carbocycles. The second kappa shape index (κ2) is 6.71. The zero-order valence-electron chi connectivity index (χ0n) is 12.5. The maximum atomic E-state index is 12.0. The number of anilines is 1. The highest BCUT2D eigenvalue weighted by molar-refractivity contribution is 5.91. The zero-order chi connectivity index (χ0) is 14.5. The molecule has 1 aromatic carbocycles. The third kappa shape index (κ3) is 5.03. The van der Waals surface area contributed by atoms with Crippen molar-refractivity contribution in [3.63, 3.8) is 0 Å². The van der Waals surface area contributed by atoms with Crippen LogP contribution < -0.4 is 11.1 Å². The fourth-order valence-electron chi connectivity index (χ4n) is 1.95. The van der Waals surface area contributed by atoms with E-state index in [0.29, 0.717) is 18.9 Å². The fourth-order valence-corrected chi connectivity index (χ4v) is 1.95. The van der Waals surface area contributed by atoms with Gasteiger partial charge in [0, 0.05) is 12.1 Å². The minimum Gasteiger partial charge on any atom is -0.330 e. The molecule has 1 amide bonds. The number of rotatable bonds is 5. The highest BCUT2D eigenvalue weighted by Gasteiger charge is 2.18. The Kier molecular flexibility index (Phi) is 5.55. The molecule has 0 aromatic heterocycles. The number of nitrogens with two attached hydrogens (primary N) is 1. The molecule has 0 aliphatic heterocycles. The van der Waals surface area contributed by atoms with Crippen LogP contribution in [0.1, 0.15) is 46.1 Å². The first-order valence-electron chi connectivity index (χ1n) is 6.94. The van der Waals surface area contributed by atoms with Crippen LogP contribution in [-0.4, -0.2) is 12.5 Å². The van der Waals surface area contributed by atoms with Crippen LogP contribution in [0.3, 0.4) is 0 Å². The molecule has 3 nitrogen and oxygen atoms in total. The summed E-state index contributed by atoms with van der Waals surface area (Å²) in [5.74, 6) is 0.459. The Balaban J connectivity index is 2.70. The number of benzene rings is 1. The summed E-state index contributed by atoms with van der Waals surface area (Å²) in [6.07, 6.45) is 1.36. The molecule has 1 atom stereocenters. The Bertz CT molecular complexity index is 421. The number of amides is 1. The molecule has 0 radical (unpaired) electrons. The normalized spacial score (nSPS) is 13.1. The number of carbonyl (C=O) groups is 1. The van der Waals surface area contributed by atoms with Crippen molar-refractivity contribution in [3.05, 3.63) is 29.8 Å². The van der Waals surface area contributed by atoms with E-state index >= 15 is 0 Å². The summed E-state index contributed by atoms with van der Waals surface area (Å²) < 4.78 is 0. The van der Waals surface area contributed by atoms with Gasteiger partial charge in [-0.15, -0.1) is 0 Å². The summed E-state index contributed by atoms with van der Waals surface area (Å²) in [4.78, 5) is 12.0. The molecular weight excluding hydrogens is 236 g/mol. The molecule has 0 aliphatic carbocycles. The number of hydrogen-bond acceptors (Lipinski definition) is 2. The molecule has 0 heterocycles. The Morgan fingerprint density at radius 1 is 1.32 bits per heavy atom. The van der Waals surface area contributed by atoms with E-state index < -0.39 is 0 Å². The van der Waals surface area contributed by atoms with Crippen LogP contribution in [0, 0.1) is 5.92 Å². The van der Waals surface area contributed by atoms with Gasteiger partial charge in [0.1, 0.15) is 0 Å². The molecule has 3 heteroatoms. The van der Waals surface area contributed by atoms with E-state index in [0.717, 1.165) is 17.7 Å². The van der Waals surface area contributed by atoms with E-state index in [2.05, 4.69) is 39.1 Å². The van der Waals surface area contributed by atoms with E-state index in [1.807, 2.05) is 18.2 Å². The lowest BCUT2D eigenvalue weighted by atomic mass is 9.86. The lowest BCUT2D eigenvalue weighted by molar-refractivity contribution is -0.116. The van der Waals surface area contributed by atoms with Gasteiger partial charge in [0.2, 0.25) is 5.91 Å². The molecule has 0 saturated heterocycles. The van der Waals surface area contributed by atoms with Crippen LogP contribution in [0.5, 0.6) is 0 Å². The number of carbonyl (C=O) groups excluding carboxylic acids is 1. The predicted octanol–water partition coefficient (Wildman–Crippen LogP) is 3.30. The van der Waals surface area contributed by atoms with E-state index in [1.54, 1.807) is 0 Å². The van der Waals surface area contributed by atoms with E-state index in [4.69, 9.17) is 5.73 Å². The third-order valence-electron chi connectivity index (χ3n) is 3.28. The lowest BCUT2D eigenvalue weighted by Crippen LogP contribution is -2.20. The number of nitrogens with one attached hydrogen (secondary N) is 1. The quantitative estimate of drug-likeness (QED) is 0.855. The van der Waals surface area contributed by atoms with Crippen LogP contribution in [0.25, 0.3) is 0 Å². The van der Waals surface area contributed by atoms with Gasteiger partial charge in [-0.2, -0.15) is 0 Å². The van der Waals surface area contributed by atoms with Crippen molar-refractivity contribution < 1.29 is 4.79 Å². The Labute approximate surface area is 116 Å². The van der Waals surface area contributed by atoms with Crippen molar-refractivity contribution in [2.24, 2.45) is 11.7 Å².